The Kier molecular flexibility index (Phi) is 54.2. The number of carbonyl (C=O) groups excluding carboxylic acids is 3. The molecule has 392 valence electrons. The van der Waals surface area contributed by atoms with Crippen molar-refractivity contribution in [2.75, 3.05) is 13.2 Å². The van der Waals surface area contributed by atoms with E-state index in [1.165, 1.54) is 205 Å². The van der Waals surface area contributed by atoms with Crippen LogP contribution in [0.2, 0.25) is 0 Å². The normalized spacial score (nSPS) is 12.2. The molecule has 0 bridgehead atoms. The highest BCUT2D eigenvalue weighted by molar-refractivity contribution is 5.71. The van der Waals surface area contributed by atoms with Gasteiger partial charge in [0, 0.05) is 19.3 Å². The summed E-state index contributed by atoms with van der Waals surface area (Å²) in [6, 6.07) is 0. The summed E-state index contributed by atoms with van der Waals surface area (Å²) in [7, 11) is 0. The summed E-state index contributed by atoms with van der Waals surface area (Å²) in [4.78, 5) is 38.2. The fraction of sp³-hybridized carbons (Fsp3) is 0.852. The predicted molar refractivity (Wildman–Crippen MR) is 289 cm³/mol. The predicted octanol–water partition coefficient (Wildman–Crippen LogP) is 19.7. The Morgan fingerprint density at radius 2 is 0.582 bits per heavy atom. The Morgan fingerprint density at radius 1 is 0.313 bits per heavy atom. The second kappa shape index (κ2) is 56.2. The van der Waals surface area contributed by atoms with Crippen LogP contribution in [0.4, 0.5) is 0 Å². The van der Waals surface area contributed by atoms with E-state index in [1.807, 2.05) is 0 Å². The molecule has 0 saturated carbocycles. The van der Waals surface area contributed by atoms with Gasteiger partial charge < -0.3 is 14.2 Å². The summed E-state index contributed by atoms with van der Waals surface area (Å²) in [5.74, 6) is -0.862. The van der Waals surface area contributed by atoms with Crippen molar-refractivity contribution in [1.82, 2.24) is 0 Å². The molecule has 0 aromatic rings. The summed E-state index contributed by atoms with van der Waals surface area (Å²) in [6.45, 7) is 6.56. The molecule has 67 heavy (non-hydrogen) atoms. The van der Waals surface area contributed by atoms with E-state index in [9.17, 15) is 14.4 Å². The molecule has 0 spiro atoms. The van der Waals surface area contributed by atoms with E-state index in [-0.39, 0.29) is 31.1 Å². The van der Waals surface area contributed by atoms with Gasteiger partial charge >= 0.3 is 17.9 Å². The van der Waals surface area contributed by atoms with Gasteiger partial charge in [-0.3, -0.25) is 14.4 Å². The molecule has 6 heteroatoms. The summed E-state index contributed by atoms with van der Waals surface area (Å²) < 4.78 is 16.9. The topological polar surface area (TPSA) is 78.9 Å². The zero-order valence-corrected chi connectivity index (χ0v) is 44.9. The number of unbranched alkanes of at least 4 members (excludes halogenated alkanes) is 39. The maximum absolute atomic E-state index is 12.9. The monoisotopic (exact) mass is 941 g/mol. The standard InChI is InChI=1S/C61H112O6/c1-4-7-10-13-16-19-22-25-28-30-31-34-36-39-42-45-48-51-54-60(63)66-57-58(56-65-59(62)53-50-47-44-41-38-35-32-27-24-21-18-15-12-9-6-3)67-61(64)55-52-49-46-43-40-37-33-29-26-23-20-17-14-11-8-5-2/h9,12,15,18,21,24,58H,4-8,10-11,13-14,16-17,19-20,22-23,25-57H2,1-3H3/b12-9-,18-15-,24-21-. The number of allylic oxidation sites excluding steroid dienone is 6. The molecule has 0 aromatic heterocycles. The van der Waals surface area contributed by atoms with Crippen molar-refractivity contribution in [3.8, 4) is 0 Å². The minimum Gasteiger partial charge on any atom is -0.462 e. The molecule has 1 unspecified atom stereocenters. The van der Waals surface area contributed by atoms with E-state index in [4.69, 9.17) is 14.2 Å². The van der Waals surface area contributed by atoms with Crippen LogP contribution in [0.5, 0.6) is 0 Å². The van der Waals surface area contributed by atoms with Crippen molar-refractivity contribution in [3.63, 3.8) is 0 Å². The molecule has 0 N–H and O–H groups in total. The van der Waals surface area contributed by atoms with Crippen LogP contribution < -0.4 is 0 Å². The number of ether oxygens (including phenoxy) is 3. The molecule has 0 saturated heterocycles. The number of carbonyl (C=O) groups is 3. The fourth-order valence-electron chi connectivity index (χ4n) is 8.80. The van der Waals surface area contributed by atoms with Crippen molar-refractivity contribution >= 4 is 17.9 Å². The summed E-state index contributed by atoms with van der Waals surface area (Å²) in [5.41, 5.74) is 0. The van der Waals surface area contributed by atoms with Crippen LogP contribution in [0.15, 0.2) is 36.5 Å². The second-order valence-corrected chi connectivity index (χ2v) is 20.0. The summed E-state index contributed by atoms with van der Waals surface area (Å²) in [6.07, 6.45) is 67.1. The second-order valence-electron chi connectivity index (χ2n) is 20.0. The van der Waals surface area contributed by atoms with Gasteiger partial charge in [0.25, 0.3) is 0 Å². The highest BCUT2D eigenvalue weighted by Gasteiger charge is 2.19. The van der Waals surface area contributed by atoms with Gasteiger partial charge in [-0.2, -0.15) is 0 Å². The lowest BCUT2D eigenvalue weighted by Gasteiger charge is -2.18. The van der Waals surface area contributed by atoms with Gasteiger partial charge in [0.05, 0.1) is 0 Å². The minimum atomic E-state index is -0.773. The van der Waals surface area contributed by atoms with E-state index >= 15 is 0 Å². The molecule has 0 aromatic carbocycles. The molecule has 0 aliphatic rings. The number of esters is 3. The largest absolute Gasteiger partial charge is 0.462 e. The van der Waals surface area contributed by atoms with Crippen LogP contribution in [0, 0.1) is 0 Å². The molecule has 1 atom stereocenters. The SMILES string of the molecule is CC\C=C/C=C\C=C/CCCCCCCCCC(=O)OCC(COC(=O)CCCCCCCCCCCCCCCCCCCC)OC(=O)CCCCCCCCCCCCCCCCCC. The number of hydrogen-bond donors (Lipinski definition) is 0. The third kappa shape index (κ3) is 54.4. The molecule has 0 aliphatic heterocycles. The zero-order chi connectivity index (χ0) is 48.6. The maximum Gasteiger partial charge on any atom is 0.306 e. The molecule has 0 amide bonds. The maximum atomic E-state index is 12.9. The molecule has 0 aliphatic carbocycles. The van der Waals surface area contributed by atoms with Crippen LogP contribution in [0.25, 0.3) is 0 Å². The van der Waals surface area contributed by atoms with Crippen molar-refractivity contribution in [2.24, 2.45) is 0 Å². The Balaban J connectivity index is 4.33. The number of hydrogen-bond acceptors (Lipinski definition) is 6. The lowest BCUT2D eigenvalue weighted by molar-refractivity contribution is -0.167. The van der Waals surface area contributed by atoms with Gasteiger partial charge in [-0.1, -0.05) is 295 Å². The van der Waals surface area contributed by atoms with Gasteiger partial charge in [-0.15, -0.1) is 0 Å². The first kappa shape index (κ1) is 64.6. The Labute approximate surface area is 416 Å². The Bertz CT molecular complexity index is 1130. The van der Waals surface area contributed by atoms with E-state index in [2.05, 4.69) is 57.2 Å². The van der Waals surface area contributed by atoms with Gasteiger partial charge in [0.2, 0.25) is 0 Å². The molecular weight excluding hydrogens is 829 g/mol. The van der Waals surface area contributed by atoms with E-state index < -0.39 is 6.10 Å². The van der Waals surface area contributed by atoms with Crippen LogP contribution in [-0.4, -0.2) is 37.2 Å². The smallest absolute Gasteiger partial charge is 0.306 e. The third-order valence-electron chi connectivity index (χ3n) is 13.2. The van der Waals surface area contributed by atoms with Crippen LogP contribution in [0.1, 0.15) is 316 Å². The quantitative estimate of drug-likeness (QED) is 0.0262. The molecular formula is C61H112O6. The van der Waals surface area contributed by atoms with Crippen LogP contribution >= 0.6 is 0 Å². The minimum absolute atomic E-state index is 0.0708. The van der Waals surface area contributed by atoms with Crippen molar-refractivity contribution < 1.29 is 28.6 Å². The van der Waals surface area contributed by atoms with Gasteiger partial charge in [-0.25, -0.2) is 0 Å². The van der Waals surface area contributed by atoms with E-state index in [1.54, 1.807) is 0 Å². The third-order valence-corrected chi connectivity index (χ3v) is 13.2. The van der Waals surface area contributed by atoms with Crippen LogP contribution in [-0.2, 0) is 28.6 Å². The molecule has 6 nitrogen and oxygen atoms in total. The average Bonchev–Trinajstić information content (AvgIpc) is 3.33. The van der Waals surface area contributed by atoms with Crippen molar-refractivity contribution in [3.05, 3.63) is 36.5 Å². The first-order valence-corrected chi connectivity index (χ1v) is 29.5. The van der Waals surface area contributed by atoms with E-state index in [0.29, 0.717) is 19.3 Å². The van der Waals surface area contributed by atoms with Crippen molar-refractivity contribution in [1.29, 1.82) is 0 Å². The molecule has 0 fully saturated rings. The highest BCUT2D eigenvalue weighted by atomic mass is 16.6. The average molecular weight is 942 g/mol. The summed E-state index contributed by atoms with van der Waals surface area (Å²) in [5, 5.41) is 0. The van der Waals surface area contributed by atoms with E-state index in [0.717, 1.165) is 70.6 Å². The first-order valence-electron chi connectivity index (χ1n) is 29.5. The molecule has 0 heterocycles. The fourth-order valence-corrected chi connectivity index (χ4v) is 8.80. The lowest BCUT2D eigenvalue weighted by Crippen LogP contribution is -2.30. The van der Waals surface area contributed by atoms with Crippen LogP contribution in [0.3, 0.4) is 0 Å². The van der Waals surface area contributed by atoms with Gasteiger partial charge in [0.1, 0.15) is 13.2 Å². The van der Waals surface area contributed by atoms with Gasteiger partial charge in [0.15, 0.2) is 6.10 Å². The van der Waals surface area contributed by atoms with Crippen molar-refractivity contribution in [2.45, 2.75) is 322 Å². The molecule has 0 radical (unpaired) electrons. The highest BCUT2D eigenvalue weighted by Crippen LogP contribution is 2.17. The Morgan fingerprint density at radius 3 is 0.896 bits per heavy atom. The lowest BCUT2D eigenvalue weighted by atomic mass is 10.0. The molecule has 0 rings (SSSR count). The number of rotatable bonds is 54. The Hall–Kier alpha value is -2.37. The summed E-state index contributed by atoms with van der Waals surface area (Å²) >= 11 is 0. The first-order chi connectivity index (χ1) is 33.0. The van der Waals surface area contributed by atoms with Gasteiger partial charge in [-0.05, 0) is 38.5 Å². The zero-order valence-electron chi connectivity index (χ0n) is 44.9.